The second kappa shape index (κ2) is 17.0. The van der Waals surface area contributed by atoms with E-state index in [-0.39, 0.29) is 6.61 Å². The third-order valence-electron chi connectivity index (χ3n) is 6.01. The molecular formula is C27H38O17. The highest BCUT2D eigenvalue weighted by Gasteiger charge is 2.56. The normalized spacial score (nSPS) is 31.5. The zero-order valence-electron chi connectivity index (χ0n) is 25.2. The molecule has 0 saturated carbocycles. The van der Waals surface area contributed by atoms with E-state index in [1.165, 1.54) is 6.08 Å². The minimum Gasteiger partial charge on any atom is -0.463 e. The van der Waals surface area contributed by atoms with E-state index in [0.717, 1.165) is 41.5 Å². The van der Waals surface area contributed by atoms with Crippen LogP contribution < -0.4 is 0 Å². The van der Waals surface area contributed by atoms with Crippen LogP contribution in [0.3, 0.4) is 0 Å². The lowest BCUT2D eigenvalue weighted by Gasteiger charge is -2.48. The first kappa shape index (κ1) is 36.6. The van der Waals surface area contributed by atoms with Gasteiger partial charge >= 0.3 is 35.8 Å². The monoisotopic (exact) mass is 634 g/mol. The van der Waals surface area contributed by atoms with Gasteiger partial charge in [-0.1, -0.05) is 6.08 Å². The molecule has 0 spiro atoms. The Morgan fingerprint density at radius 1 is 0.614 bits per heavy atom. The zero-order valence-corrected chi connectivity index (χ0v) is 25.2. The summed E-state index contributed by atoms with van der Waals surface area (Å²) in [5.41, 5.74) is 0. The quantitative estimate of drug-likeness (QED) is 0.150. The summed E-state index contributed by atoms with van der Waals surface area (Å²) in [5, 5.41) is 10.8. The Morgan fingerprint density at radius 2 is 1.05 bits per heavy atom. The fourth-order valence-corrected chi connectivity index (χ4v) is 4.53. The Morgan fingerprint density at radius 3 is 1.50 bits per heavy atom. The number of ether oxygens (including phenoxy) is 10. The Hall–Kier alpha value is -3.64. The summed E-state index contributed by atoms with van der Waals surface area (Å²) in [4.78, 5) is 71.6. The van der Waals surface area contributed by atoms with Gasteiger partial charge in [-0.3, -0.25) is 28.8 Å². The van der Waals surface area contributed by atoms with Crippen LogP contribution in [0.5, 0.6) is 0 Å². The average molecular weight is 635 g/mol. The summed E-state index contributed by atoms with van der Waals surface area (Å²) in [6, 6.07) is 0. The van der Waals surface area contributed by atoms with Crippen LogP contribution in [0.1, 0.15) is 41.5 Å². The number of hydrogen-bond donors (Lipinski definition) is 1. The van der Waals surface area contributed by atoms with E-state index < -0.39 is 110 Å². The van der Waals surface area contributed by atoms with Crippen LogP contribution in [0.15, 0.2) is 12.7 Å². The molecule has 17 heteroatoms. The van der Waals surface area contributed by atoms with Gasteiger partial charge in [0.1, 0.15) is 37.6 Å². The Kier molecular flexibility index (Phi) is 14.1. The number of carbonyl (C=O) groups is 6. The van der Waals surface area contributed by atoms with Gasteiger partial charge in [0.2, 0.25) is 0 Å². The van der Waals surface area contributed by atoms with Crippen molar-refractivity contribution in [1.29, 1.82) is 0 Å². The number of esters is 6. The molecule has 10 atom stereocenters. The molecule has 248 valence electrons. The Bertz CT molecular complexity index is 1060. The number of hydrogen-bond acceptors (Lipinski definition) is 17. The predicted molar refractivity (Wildman–Crippen MR) is 140 cm³/mol. The first-order valence-corrected chi connectivity index (χ1v) is 13.5. The van der Waals surface area contributed by atoms with E-state index in [0.29, 0.717) is 0 Å². The minimum absolute atomic E-state index is 0.139. The van der Waals surface area contributed by atoms with Crippen LogP contribution >= 0.6 is 0 Å². The van der Waals surface area contributed by atoms with Crippen molar-refractivity contribution in [3.05, 3.63) is 12.7 Å². The van der Waals surface area contributed by atoms with Gasteiger partial charge < -0.3 is 52.5 Å². The molecule has 2 rings (SSSR count). The molecule has 0 bridgehead atoms. The third-order valence-corrected chi connectivity index (χ3v) is 6.01. The second-order valence-corrected chi connectivity index (χ2v) is 9.70. The van der Waals surface area contributed by atoms with Gasteiger partial charge in [0.25, 0.3) is 0 Å². The van der Waals surface area contributed by atoms with Crippen LogP contribution in [0.2, 0.25) is 0 Å². The maximum Gasteiger partial charge on any atom is 0.303 e. The van der Waals surface area contributed by atoms with Crippen molar-refractivity contribution in [1.82, 2.24) is 0 Å². The summed E-state index contributed by atoms with van der Waals surface area (Å²) in [7, 11) is 0. The maximum atomic E-state index is 12.2. The Labute approximate surface area is 252 Å². The largest absolute Gasteiger partial charge is 0.463 e. The van der Waals surface area contributed by atoms with Crippen molar-refractivity contribution >= 4 is 35.8 Å². The molecule has 0 aromatic rings. The molecule has 0 aromatic heterocycles. The molecule has 2 aliphatic heterocycles. The van der Waals surface area contributed by atoms with Gasteiger partial charge in [-0.05, 0) is 0 Å². The van der Waals surface area contributed by atoms with Crippen molar-refractivity contribution in [2.75, 3.05) is 19.8 Å². The highest BCUT2D eigenvalue weighted by molar-refractivity contribution is 5.68. The lowest BCUT2D eigenvalue weighted by molar-refractivity contribution is -0.359. The first-order chi connectivity index (χ1) is 20.6. The lowest BCUT2D eigenvalue weighted by Crippen LogP contribution is -2.67. The van der Waals surface area contributed by atoms with Crippen LogP contribution in [-0.2, 0) is 76.1 Å². The summed E-state index contributed by atoms with van der Waals surface area (Å²) < 4.78 is 55.1. The first-order valence-electron chi connectivity index (χ1n) is 13.5. The highest BCUT2D eigenvalue weighted by atomic mass is 16.8. The molecule has 2 heterocycles. The fraction of sp³-hybridized carbons (Fsp3) is 0.704. The molecule has 1 N–H and O–H groups in total. The molecular weight excluding hydrogens is 596 g/mol. The van der Waals surface area contributed by atoms with Crippen molar-refractivity contribution in [3.63, 3.8) is 0 Å². The Balaban J connectivity index is 2.65. The summed E-state index contributed by atoms with van der Waals surface area (Å²) in [5.74, 6) is -4.78. The molecule has 0 unspecified atom stereocenters. The van der Waals surface area contributed by atoms with E-state index >= 15 is 0 Å². The molecule has 2 aliphatic rings. The van der Waals surface area contributed by atoms with Crippen molar-refractivity contribution in [2.45, 2.75) is 103 Å². The molecule has 44 heavy (non-hydrogen) atoms. The molecule has 17 nitrogen and oxygen atoms in total. The van der Waals surface area contributed by atoms with Gasteiger partial charge in [0.15, 0.2) is 37.0 Å². The number of rotatable bonds is 13. The number of carbonyl (C=O) groups excluding carboxylic acids is 6. The maximum absolute atomic E-state index is 12.2. The smallest absolute Gasteiger partial charge is 0.303 e. The van der Waals surface area contributed by atoms with Crippen molar-refractivity contribution in [3.8, 4) is 0 Å². The minimum atomic E-state index is -1.90. The SMILES string of the molecule is C=CCO[C@@H]1[C@@H](OC(C)=O)[C@@H](O[C@@H]2[C@@H](OC(C)=O)[C@H](O)O[C@H](COC(C)=O)[C@H]2OC(C)=O)O[C@H](COC(C)=O)[C@H]1OC(C)=O. The summed E-state index contributed by atoms with van der Waals surface area (Å²) >= 11 is 0. The van der Waals surface area contributed by atoms with E-state index in [1.54, 1.807) is 0 Å². The predicted octanol–water partition coefficient (Wildman–Crippen LogP) is -0.762. The standard InChI is InChI=1S/C27H38O17/c1-8-9-35-22-20(38-14(4)30)19(11-37-13(3)29)43-27(25(22)41-17(7)33)44-23-21(39-15(5)31)18(10-36-12(2)28)42-26(34)24(23)40-16(6)32/h8,18-27,34H,1,9-11H2,2-7H3/t18-,19-,20-,21-,22+,23+,24-,25-,26-,27-/m1/s1. The van der Waals surface area contributed by atoms with Gasteiger partial charge in [0, 0.05) is 41.5 Å². The van der Waals surface area contributed by atoms with Crippen LogP contribution in [0, 0.1) is 0 Å². The average Bonchev–Trinajstić information content (AvgIpc) is 2.90. The van der Waals surface area contributed by atoms with Crippen LogP contribution in [0.4, 0.5) is 0 Å². The molecule has 0 amide bonds. The fourth-order valence-electron chi connectivity index (χ4n) is 4.53. The van der Waals surface area contributed by atoms with Gasteiger partial charge in [0.05, 0.1) is 6.61 Å². The summed E-state index contributed by atoms with van der Waals surface area (Å²) in [6.07, 6.45) is -13.8. The second-order valence-electron chi connectivity index (χ2n) is 9.70. The number of aliphatic hydroxyl groups excluding tert-OH is 1. The van der Waals surface area contributed by atoms with Gasteiger partial charge in [-0.25, -0.2) is 0 Å². The number of aliphatic hydroxyl groups is 1. The van der Waals surface area contributed by atoms with E-state index in [1.807, 2.05) is 0 Å². The van der Waals surface area contributed by atoms with Gasteiger partial charge in [-0.2, -0.15) is 0 Å². The third kappa shape index (κ3) is 10.8. The summed E-state index contributed by atoms with van der Waals surface area (Å²) in [6.45, 7) is 8.95. The van der Waals surface area contributed by atoms with Crippen LogP contribution in [-0.4, -0.2) is 122 Å². The lowest BCUT2D eigenvalue weighted by atomic mass is 9.96. The van der Waals surface area contributed by atoms with Crippen molar-refractivity contribution < 1.29 is 81.2 Å². The topological polar surface area (TPSA) is 215 Å². The molecule has 0 aromatic carbocycles. The molecule has 0 radical (unpaired) electrons. The van der Waals surface area contributed by atoms with Crippen LogP contribution in [0.25, 0.3) is 0 Å². The van der Waals surface area contributed by atoms with E-state index in [4.69, 9.17) is 47.4 Å². The highest BCUT2D eigenvalue weighted by Crippen LogP contribution is 2.34. The zero-order chi connectivity index (χ0) is 33.1. The van der Waals surface area contributed by atoms with Gasteiger partial charge in [-0.15, -0.1) is 6.58 Å². The van der Waals surface area contributed by atoms with E-state index in [9.17, 15) is 33.9 Å². The van der Waals surface area contributed by atoms with Crippen molar-refractivity contribution in [2.24, 2.45) is 0 Å². The van der Waals surface area contributed by atoms with E-state index in [2.05, 4.69) is 6.58 Å². The molecule has 2 saturated heterocycles. The molecule has 2 fully saturated rings. The molecule has 0 aliphatic carbocycles.